The topological polar surface area (TPSA) is 37.0 Å². The van der Waals surface area contributed by atoms with Crippen molar-refractivity contribution < 1.29 is 4.39 Å². The summed E-state index contributed by atoms with van der Waals surface area (Å²) in [6.07, 6.45) is 1.13. The molecule has 0 aliphatic carbocycles. The molecule has 0 bridgehead atoms. The number of hydrogen-bond acceptors (Lipinski definition) is 4. The molecule has 2 heterocycles. The van der Waals surface area contributed by atoms with E-state index < -0.39 is 5.82 Å². The number of aromatic nitrogens is 1. The molecule has 1 aliphatic rings. The summed E-state index contributed by atoms with van der Waals surface area (Å²) in [5.74, 6) is 0.0904. The first-order valence-corrected chi connectivity index (χ1v) is 7.36. The molecule has 1 fully saturated rings. The monoisotopic (exact) mass is 297 g/mol. The van der Waals surface area contributed by atoms with Crippen LogP contribution in [0.1, 0.15) is 18.0 Å². The molecule has 2 aromatic rings. The Morgan fingerprint density at radius 2 is 2.37 bits per heavy atom. The lowest BCUT2D eigenvalue weighted by Crippen LogP contribution is -2.08. The zero-order valence-electron chi connectivity index (χ0n) is 10.1. The number of hydrogen-bond donors (Lipinski definition) is 2. The highest BCUT2D eigenvalue weighted by atomic mass is 35.5. The van der Waals surface area contributed by atoms with Crippen LogP contribution in [0.5, 0.6) is 0 Å². The van der Waals surface area contributed by atoms with Crippen LogP contribution in [0.3, 0.4) is 0 Å². The maximum Gasteiger partial charge on any atom is 0.187 e. The minimum atomic E-state index is -0.413. The van der Waals surface area contributed by atoms with E-state index in [9.17, 15) is 4.39 Å². The zero-order valence-corrected chi connectivity index (χ0v) is 11.7. The van der Waals surface area contributed by atoms with Gasteiger partial charge in [-0.1, -0.05) is 11.6 Å². The summed E-state index contributed by atoms with van der Waals surface area (Å²) in [6.45, 7) is 2.05. The van der Waals surface area contributed by atoms with Crippen LogP contribution in [0, 0.1) is 5.82 Å². The largest absolute Gasteiger partial charge is 0.331 e. The average molecular weight is 298 g/mol. The van der Waals surface area contributed by atoms with E-state index in [-0.39, 0.29) is 5.02 Å². The van der Waals surface area contributed by atoms with Crippen molar-refractivity contribution in [2.24, 2.45) is 0 Å². The molecule has 2 N–H and O–H groups in total. The van der Waals surface area contributed by atoms with Crippen molar-refractivity contribution in [2.45, 2.75) is 12.3 Å². The Balaban J connectivity index is 1.74. The van der Waals surface area contributed by atoms with Gasteiger partial charge in [0.25, 0.3) is 0 Å². The van der Waals surface area contributed by atoms with Gasteiger partial charge in [-0.15, -0.1) is 11.3 Å². The van der Waals surface area contributed by atoms with Gasteiger partial charge < -0.3 is 10.6 Å². The van der Waals surface area contributed by atoms with Crippen LogP contribution in [-0.2, 0) is 0 Å². The molecule has 3 rings (SSSR count). The predicted molar refractivity (Wildman–Crippen MR) is 77.0 cm³/mol. The average Bonchev–Trinajstić information content (AvgIpc) is 3.04. The molecular weight excluding hydrogens is 285 g/mol. The van der Waals surface area contributed by atoms with Crippen molar-refractivity contribution in [1.29, 1.82) is 0 Å². The first-order chi connectivity index (χ1) is 9.22. The van der Waals surface area contributed by atoms with Crippen molar-refractivity contribution in [1.82, 2.24) is 10.3 Å². The summed E-state index contributed by atoms with van der Waals surface area (Å²) in [5, 5.41) is 9.48. The summed E-state index contributed by atoms with van der Waals surface area (Å²) in [7, 11) is 0. The van der Waals surface area contributed by atoms with E-state index in [4.69, 9.17) is 11.6 Å². The molecule has 1 unspecified atom stereocenters. The number of benzene rings is 1. The standard InChI is InChI=1S/C13H13ClFN3S/c14-10-5-9(1-2-11(10)15)17-13-18-12(7-19-13)8-3-4-16-6-8/h1-2,5,7-8,16H,3-4,6H2,(H,17,18). The lowest BCUT2D eigenvalue weighted by molar-refractivity contribution is 0.628. The number of thiazole rings is 1. The Bertz CT molecular complexity index is 581. The lowest BCUT2D eigenvalue weighted by atomic mass is 10.1. The molecule has 0 radical (unpaired) electrons. The molecular formula is C13H13ClFN3S. The molecule has 1 aromatic carbocycles. The maximum atomic E-state index is 13.1. The van der Waals surface area contributed by atoms with Crippen molar-refractivity contribution in [2.75, 3.05) is 18.4 Å². The van der Waals surface area contributed by atoms with E-state index in [0.717, 1.165) is 36.0 Å². The highest BCUT2D eigenvalue weighted by molar-refractivity contribution is 7.13. The zero-order chi connectivity index (χ0) is 13.2. The summed E-state index contributed by atoms with van der Waals surface area (Å²) in [5.41, 5.74) is 1.86. The second-order valence-electron chi connectivity index (χ2n) is 4.52. The number of rotatable bonds is 3. The third kappa shape index (κ3) is 2.88. The smallest absolute Gasteiger partial charge is 0.187 e. The van der Waals surface area contributed by atoms with Crippen LogP contribution < -0.4 is 10.6 Å². The quantitative estimate of drug-likeness (QED) is 0.906. The van der Waals surface area contributed by atoms with Crippen molar-refractivity contribution in [3.8, 4) is 0 Å². The van der Waals surface area contributed by atoms with Gasteiger partial charge in [0.05, 0.1) is 10.7 Å². The van der Waals surface area contributed by atoms with Crippen molar-refractivity contribution in [3.63, 3.8) is 0 Å². The fourth-order valence-electron chi connectivity index (χ4n) is 2.14. The Hall–Kier alpha value is -1.17. The van der Waals surface area contributed by atoms with E-state index in [1.165, 1.54) is 6.07 Å². The van der Waals surface area contributed by atoms with E-state index >= 15 is 0 Å². The van der Waals surface area contributed by atoms with E-state index in [1.54, 1.807) is 23.5 Å². The van der Waals surface area contributed by atoms with Gasteiger partial charge in [-0.25, -0.2) is 9.37 Å². The third-order valence-corrected chi connectivity index (χ3v) is 4.24. The van der Waals surface area contributed by atoms with Gasteiger partial charge in [0.15, 0.2) is 5.13 Å². The molecule has 1 atom stereocenters. The summed E-state index contributed by atoms with van der Waals surface area (Å²) in [4.78, 5) is 4.57. The molecule has 100 valence electrons. The van der Waals surface area contributed by atoms with Crippen molar-refractivity contribution >= 4 is 33.8 Å². The lowest BCUT2D eigenvalue weighted by Gasteiger charge is -2.04. The predicted octanol–water partition coefficient (Wildman–Crippen LogP) is 3.76. The first-order valence-electron chi connectivity index (χ1n) is 6.10. The van der Waals surface area contributed by atoms with Crippen molar-refractivity contribution in [3.05, 3.63) is 40.1 Å². The molecule has 3 nitrogen and oxygen atoms in total. The van der Waals surface area contributed by atoms with Gasteiger partial charge in [-0.2, -0.15) is 0 Å². The number of nitrogens with zero attached hydrogens (tertiary/aromatic N) is 1. The number of anilines is 2. The van der Waals surface area contributed by atoms with Crippen LogP contribution >= 0.6 is 22.9 Å². The van der Waals surface area contributed by atoms with E-state index in [1.807, 2.05) is 0 Å². The molecule has 1 aliphatic heterocycles. The molecule has 19 heavy (non-hydrogen) atoms. The van der Waals surface area contributed by atoms with E-state index in [2.05, 4.69) is 21.0 Å². The van der Waals surface area contributed by atoms with Crippen LogP contribution in [0.25, 0.3) is 0 Å². The minimum absolute atomic E-state index is 0.113. The Morgan fingerprint density at radius 3 is 3.11 bits per heavy atom. The fourth-order valence-corrected chi connectivity index (χ4v) is 3.13. The SMILES string of the molecule is Fc1ccc(Nc2nc(C3CCNC3)cs2)cc1Cl. The first kappa shape index (κ1) is 12.8. The second kappa shape index (κ2) is 5.45. The molecule has 1 saturated heterocycles. The Labute approximate surface area is 119 Å². The molecule has 6 heteroatoms. The number of halogens is 2. The normalized spacial score (nSPS) is 18.7. The molecule has 0 saturated carbocycles. The van der Waals surface area contributed by atoms with Gasteiger partial charge in [0.2, 0.25) is 0 Å². The van der Waals surface area contributed by atoms with Gasteiger partial charge >= 0.3 is 0 Å². The van der Waals surface area contributed by atoms with Gasteiger partial charge in [0, 0.05) is 23.5 Å². The van der Waals surface area contributed by atoms with Gasteiger partial charge in [-0.3, -0.25) is 0 Å². The summed E-state index contributed by atoms with van der Waals surface area (Å²) < 4.78 is 13.1. The fraction of sp³-hybridized carbons (Fsp3) is 0.308. The van der Waals surface area contributed by atoms with Gasteiger partial charge in [-0.05, 0) is 31.2 Å². The summed E-state index contributed by atoms with van der Waals surface area (Å²) in [6, 6.07) is 4.56. The Morgan fingerprint density at radius 1 is 1.47 bits per heavy atom. The van der Waals surface area contributed by atoms with Crippen LogP contribution in [-0.4, -0.2) is 18.1 Å². The van der Waals surface area contributed by atoms with Gasteiger partial charge in [0.1, 0.15) is 5.82 Å². The summed E-state index contributed by atoms with van der Waals surface area (Å²) >= 11 is 7.30. The van der Waals surface area contributed by atoms with Crippen LogP contribution in [0.4, 0.5) is 15.2 Å². The molecule has 1 aromatic heterocycles. The van der Waals surface area contributed by atoms with E-state index in [0.29, 0.717) is 5.92 Å². The highest BCUT2D eigenvalue weighted by Crippen LogP contribution is 2.29. The maximum absolute atomic E-state index is 13.1. The van der Waals surface area contributed by atoms with Crippen LogP contribution in [0.2, 0.25) is 5.02 Å². The molecule has 0 amide bonds. The minimum Gasteiger partial charge on any atom is -0.331 e. The Kier molecular flexibility index (Phi) is 3.68. The second-order valence-corrected chi connectivity index (χ2v) is 5.79. The molecule has 0 spiro atoms. The number of nitrogens with one attached hydrogen (secondary N) is 2. The van der Waals surface area contributed by atoms with Crippen LogP contribution in [0.15, 0.2) is 23.6 Å². The highest BCUT2D eigenvalue weighted by Gasteiger charge is 2.19. The third-order valence-electron chi connectivity index (χ3n) is 3.17.